The Morgan fingerprint density at radius 1 is 1.27 bits per heavy atom. The first-order valence-electron chi connectivity index (χ1n) is 5.84. The van der Waals surface area contributed by atoms with Crippen molar-refractivity contribution in [3.05, 3.63) is 30.1 Å². The molecule has 0 aliphatic heterocycles. The molecule has 15 heavy (non-hydrogen) atoms. The van der Waals surface area contributed by atoms with Gasteiger partial charge >= 0.3 is 0 Å². The molecule has 0 saturated heterocycles. The van der Waals surface area contributed by atoms with Crippen molar-refractivity contribution in [2.75, 3.05) is 6.54 Å². The lowest BCUT2D eigenvalue weighted by Crippen LogP contribution is -2.20. The zero-order valence-electron chi connectivity index (χ0n) is 10.0. The van der Waals surface area contributed by atoms with Gasteiger partial charge in [-0.2, -0.15) is 0 Å². The van der Waals surface area contributed by atoms with Crippen LogP contribution in [0.1, 0.15) is 45.3 Å². The molecule has 1 aromatic heterocycles. The Bertz CT molecular complexity index is 256. The van der Waals surface area contributed by atoms with E-state index in [0.29, 0.717) is 6.04 Å². The van der Waals surface area contributed by atoms with Gasteiger partial charge < -0.3 is 5.32 Å². The van der Waals surface area contributed by atoms with Crippen molar-refractivity contribution in [3.8, 4) is 0 Å². The van der Waals surface area contributed by atoms with Gasteiger partial charge in [0.25, 0.3) is 0 Å². The number of rotatable bonds is 6. The number of nitrogens with one attached hydrogen (secondary N) is 1. The predicted octanol–water partition coefficient (Wildman–Crippen LogP) is 3.17. The highest BCUT2D eigenvalue weighted by atomic mass is 14.9. The van der Waals surface area contributed by atoms with Gasteiger partial charge in [-0.3, -0.25) is 4.98 Å². The van der Waals surface area contributed by atoms with Crippen LogP contribution in [0.4, 0.5) is 0 Å². The molecule has 0 saturated carbocycles. The molecule has 84 valence electrons. The molecule has 0 radical (unpaired) electrons. The van der Waals surface area contributed by atoms with E-state index in [-0.39, 0.29) is 0 Å². The first kappa shape index (κ1) is 12.2. The number of nitrogens with zero attached hydrogens (tertiary/aromatic N) is 1. The fourth-order valence-electron chi connectivity index (χ4n) is 1.57. The highest BCUT2D eigenvalue weighted by molar-refractivity contribution is 5.07. The monoisotopic (exact) mass is 206 g/mol. The van der Waals surface area contributed by atoms with E-state index in [4.69, 9.17) is 0 Å². The normalized spacial score (nSPS) is 13.1. The first-order chi connectivity index (χ1) is 7.20. The molecule has 1 aromatic rings. The molecule has 1 heterocycles. The highest BCUT2D eigenvalue weighted by Gasteiger charge is 2.04. The fraction of sp³-hybridized carbons (Fsp3) is 0.615. The first-order valence-corrected chi connectivity index (χ1v) is 5.84. The van der Waals surface area contributed by atoms with Crippen molar-refractivity contribution >= 4 is 0 Å². The Balaban J connectivity index is 2.22. The Hall–Kier alpha value is -0.890. The van der Waals surface area contributed by atoms with Crippen LogP contribution in [-0.4, -0.2) is 11.5 Å². The van der Waals surface area contributed by atoms with Gasteiger partial charge in [0.1, 0.15) is 0 Å². The van der Waals surface area contributed by atoms with Crippen LogP contribution in [0.5, 0.6) is 0 Å². The minimum atomic E-state index is 0.360. The van der Waals surface area contributed by atoms with E-state index >= 15 is 0 Å². The fourth-order valence-corrected chi connectivity index (χ4v) is 1.57. The molecule has 1 atom stereocenters. The molecule has 1 N–H and O–H groups in total. The van der Waals surface area contributed by atoms with Gasteiger partial charge in [0, 0.05) is 12.2 Å². The lowest BCUT2D eigenvalue weighted by atomic mass is 10.1. The molecular formula is C13H22N2. The van der Waals surface area contributed by atoms with Crippen molar-refractivity contribution in [1.82, 2.24) is 10.3 Å². The van der Waals surface area contributed by atoms with Crippen LogP contribution < -0.4 is 5.32 Å². The molecule has 0 aliphatic carbocycles. The molecule has 0 aliphatic rings. The summed E-state index contributed by atoms with van der Waals surface area (Å²) in [4.78, 5) is 4.33. The molecule has 0 bridgehead atoms. The summed E-state index contributed by atoms with van der Waals surface area (Å²) in [6, 6.07) is 6.42. The quantitative estimate of drug-likeness (QED) is 0.723. The third-order valence-corrected chi connectivity index (χ3v) is 2.54. The summed E-state index contributed by atoms with van der Waals surface area (Å²) < 4.78 is 0. The van der Waals surface area contributed by atoms with E-state index in [1.54, 1.807) is 0 Å². The molecule has 1 rings (SSSR count). The summed E-state index contributed by atoms with van der Waals surface area (Å²) in [5.41, 5.74) is 1.13. The molecule has 2 heteroatoms. The van der Waals surface area contributed by atoms with Crippen LogP contribution in [0.2, 0.25) is 0 Å². The summed E-state index contributed by atoms with van der Waals surface area (Å²) in [5.74, 6) is 0.803. The number of hydrogen-bond acceptors (Lipinski definition) is 2. The third kappa shape index (κ3) is 4.93. The summed E-state index contributed by atoms with van der Waals surface area (Å²) >= 11 is 0. The third-order valence-electron chi connectivity index (χ3n) is 2.54. The Morgan fingerprint density at radius 2 is 2.07 bits per heavy atom. The van der Waals surface area contributed by atoms with Crippen LogP contribution in [0.15, 0.2) is 24.4 Å². The molecule has 0 aromatic carbocycles. The van der Waals surface area contributed by atoms with Crippen molar-refractivity contribution in [1.29, 1.82) is 0 Å². The number of pyridine rings is 1. The van der Waals surface area contributed by atoms with Crippen LogP contribution in [0, 0.1) is 5.92 Å². The van der Waals surface area contributed by atoms with Gasteiger partial charge in [-0.25, -0.2) is 0 Å². The zero-order chi connectivity index (χ0) is 11.1. The van der Waals surface area contributed by atoms with Crippen molar-refractivity contribution < 1.29 is 0 Å². The lowest BCUT2D eigenvalue weighted by molar-refractivity contribution is 0.493. The molecule has 0 amide bonds. The van der Waals surface area contributed by atoms with Gasteiger partial charge in [0.2, 0.25) is 0 Å². The Labute approximate surface area is 93.1 Å². The number of aromatic nitrogens is 1. The van der Waals surface area contributed by atoms with E-state index < -0.39 is 0 Å². The minimum absolute atomic E-state index is 0.360. The van der Waals surface area contributed by atoms with E-state index in [1.165, 1.54) is 12.8 Å². The molecule has 2 nitrogen and oxygen atoms in total. The van der Waals surface area contributed by atoms with E-state index in [1.807, 2.05) is 18.3 Å². The molecule has 0 spiro atoms. The highest BCUT2D eigenvalue weighted by Crippen LogP contribution is 2.08. The maximum absolute atomic E-state index is 4.33. The van der Waals surface area contributed by atoms with Crippen molar-refractivity contribution in [3.63, 3.8) is 0 Å². The lowest BCUT2D eigenvalue weighted by Gasteiger charge is -2.13. The number of hydrogen-bond donors (Lipinski definition) is 1. The van der Waals surface area contributed by atoms with Gasteiger partial charge in [-0.15, -0.1) is 0 Å². The van der Waals surface area contributed by atoms with Gasteiger partial charge in [0.05, 0.1) is 5.69 Å². The zero-order valence-corrected chi connectivity index (χ0v) is 10.0. The molecule has 0 unspecified atom stereocenters. The molecule has 0 fully saturated rings. The largest absolute Gasteiger partial charge is 0.309 e. The van der Waals surface area contributed by atoms with Crippen LogP contribution >= 0.6 is 0 Å². The van der Waals surface area contributed by atoms with Crippen LogP contribution in [-0.2, 0) is 0 Å². The van der Waals surface area contributed by atoms with Crippen molar-refractivity contribution in [2.24, 2.45) is 5.92 Å². The van der Waals surface area contributed by atoms with Gasteiger partial charge in [0.15, 0.2) is 0 Å². The Morgan fingerprint density at radius 3 is 2.67 bits per heavy atom. The maximum Gasteiger partial charge on any atom is 0.0570 e. The smallest absolute Gasteiger partial charge is 0.0570 e. The summed E-state index contributed by atoms with van der Waals surface area (Å²) in [5, 5.41) is 3.49. The summed E-state index contributed by atoms with van der Waals surface area (Å²) in [6.45, 7) is 7.78. The maximum atomic E-state index is 4.33. The van der Waals surface area contributed by atoms with Gasteiger partial charge in [-0.1, -0.05) is 19.9 Å². The second-order valence-corrected chi connectivity index (χ2v) is 4.47. The summed E-state index contributed by atoms with van der Waals surface area (Å²) in [6.07, 6.45) is 4.39. The van der Waals surface area contributed by atoms with Gasteiger partial charge in [-0.05, 0) is 44.4 Å². The van der Waals surface area contributed by atoms with Crippen molar-refractivity contribution in [2.45, 2.75) is 39.7 Å². The van der Waals surface area contributed by atoms with E-state index in [2.05, 4.69) is 37.1 Å². The SMILES string of the molecule is CC(C)CCCN[C@@H](C)c1ccccn1. The standard InChI is InChI=1S/C13H22N2/c1-11(2)7-6-10-14-12(3)13-8-4-5-9-15-13/h4-5,8-9,11-12,14H,6-7,10H2,1-3H3/t12-/m0/s1. The second-order valence-electron chi connectivity index (χ2n) is 4.47. The Kier molecular flexibility index (Phi) is 5.33. The van der Waals surface area contributed by atoms with Crippen LogP contribution in [0.3, 0.4) is 0 Å². The average molecular weight is 206 g/mol. The topological polar surface area (TPSA) is 24.9 Å². The van der Waals surface area contributed by atoms with E-state index in [0.717, 1.165) is 18.2 Å². The minimum Gasteiger partial charge on any atom is -0.309 e. The molecular weight excluding hydrogens is 184 g/mol. The van der Waals surface area contributed by atoms with E-state index in [9.17, 15) is 0 Å². The second kappa shape index (κ2) is 6.57. The predicted molar refractivity (Wildman–Crippen MR) is 64.7 cm³/mol. The summed E-state index contributed by atoms with van der Waals surface area (Å²) in [7, 11) is 0. The van der Waals surface area contributed by atoms with Crippen LogP contribution in [0.25, 0.3) is 0 Å². The average Bonchev–Trinajstić information content (AvgIpc) is 2.25.